The summed E-state index contributed by atoms with van der Waals surface area (Å²) in [6, 6.07) is 14.7. The lowest BCUT2D eigenvalue weighted by Crippen LogP contribution is -2.33. The molecule has 4 rings (SSSR count). The summed E-state index contributed by atoms with van der Waals surface area (Å²) in [5.41, 5.74) is 1.12. The molecule has 22 heavy (non-hydrogen) atoms. The Morgan fingerprint density at radius 2 is 1.68 bits per heavy atom. The number of nitrogens with zero attached hydrogens (tertiary/aromatic N) is 2. The van der Waals surface area contributed by atoms with Crippen LogP contribution in [0.2, 0.25) is 0 Å². The second-order valence-corrected chi connectivity index (χ2v) is 6.90. The van der Waals surface area contributed by atoms with Crippen LogP contribution in [0.5, 0.6) is 0 Å². The van der Waals surface area contributed by atoms with Crippen molar-refractivity contribution in [1.82, 2.24) is 9.80 Å². The van der Waals surface area contributed by atoms with Gasteiger partial charge in [-0.2, -0.15) is 0 Å². The highest BCUT2D eigenvalue weighted by molar-refractivity contribution is 5.85. The standard InChI is InChI=1S/C19H22N2O/c1-20-10-17-12-21(13-18(17)11-20)19(22)9-14-6-7-15-4-2-3-5-16(15)8-14/h2-8,17-18H,9-13H2,1H3/t17-,18+. The van der Waals surface area contributed by atoms with E-state index in [9.17, 15) is 4.79 Å². The van der Waals surface area contributed by atoms with E-state index in [1.165, 1.54) is 10.8 Å². The number of hydrogen-bond donors (Lipinski definition) is 0. The third kappa shape index (κ3) is 2.50. The maximum Gasteiger partial charge on any atom is 0.227 e. The first-order valence-electron chi connectivity index (χ1n) is 8.13. The molecule has 2 aromatic rings. The fourth-order valence-electron chi connectivity index (χ4n) is 4.07. The number of rotatable bonds is 2. The quantitative estimate of drug-likeness (QED) is 0.849. The zero-order chi connectivity index (χ0) is 15.1. The Morgan fingerprint density at radius 3 is 2.41 bits per heavy atom. The van der Waals surface area contributed by atoms with Gasteiger partial charge in [0.05, 0.1) is 6.42 Å². The first-order chi connectivity index (χ1) is 10.7. The Bertz CT molecular complexity index is 697. The second kappa shape index (κ2) is 5.40. The van der Waals surface area contributed by atoms with Gasteiger partial charge >= 0.3 is 0 Å². The number of benzene rings is 2. The predicted molar refractivity (Wildman–Crippen MR) is 88.7 cm³/mol. The van der Waals surface area contributed by atoms with Gasteiger partial charge in [-0.15, -0.1) is 0 Å². The lowest BCUT2D eigenvalue weighted by Gasteiger charge is -2.19. The largest absolute Gasteiger partial charge is 0.342 e. The number of fused-ring (bicyclic) bond motifs is 2. The van der Waals surface area contributed by atoms with Crippen LogP contribution in [-0.2, 0) is 11.2 Å². The van der Waals surface area contributed by atoms with Gasteiger partial charge in [0, 0.05) is 26.2 Å². The Hall–Kier alpha value is -1.87. The van der Waals surface area contributed by atoms with Crippen molar-refractivity contribution >= 4 is 16.7 Å². The summed E-state index contributed by atoms with van der Waals surface area (Å²) in [5.74, 6) is 1.66. The summed E-state index contributed by atoms with van der Waals surface area (Å²) in [7, 11) is 2.18. The Labute approximate surface area is 131 Å². The van der Waals surface area contributed by atoms with Crippen molar-refractivity contribution in [3.05, 3.63) is 48.0 Å². The number of carbonyl (C=O) groups excluding carboxylic acids is 1. The average Bonchev–Trinajstić information content (AvgIpc) is 3.04. The average molecular weight is 294 g/mol. The van der Waals surface area contributed by atoms with Crippen LogP contribution < -0.4 is 0 Å². The molecule has 0 radical (unpaired) electrons. The highest BCUT2D eigenvalue weighted by atomic mass is 16.2. The first kappa shape index (κ1) is 13.8. The summed E-state index contributed by atoms with van der Waals surface area (Å²) in [6.45, 7) is 4.18. The van der Waals surface area contributed by atoms with E-state index in [0.717, 1.165) is 31.7 Å². The molecular formula is C19H22N2O. The molecule has 2 aliphatic rings. The predicted octanol–water partition coefficient (Wildman–Crippen LogP) is 2.40. The van der Waals surface area contributed by atoms with Crippen molar-refractivity contribution in [2.75, 3.05) is 33.2 Å². The molecule has 2 saturated heterocycles. The van der Waals surface area contributed by atoms with E-state index in [1.54, 1.807) is 0 Å². The topological polar surface area (TPSA) is 23.6 Å². The first-order valence-corrected chi connectivity index (χ1v) is 8.13. The smallest absolute Gasteiger partial charge is 0.227 e. The van der Waals surface area contributed by atoms with Crippen LogP contribution in [0.1, 0.15) is 5.56 Å². The fourth-order valence-corrected chi connectivity index (χ4v) is 4.07. The Morgan fingerprint density at radius 1 is 1.00 bits per heavy atom. The van der Waals surface area contributed by atoms with Crippen LogP contribution in [0.15, 0.2) is 42.5 Å². The normalized spacial score (nSPS) is 24.9. The van der Waals surface area contributed by atoms with Gasteiger partial charge in [0.15, 0.2) is 0 Å². The lowest BCUT2D eigenvalue weighted by atomic mass is 10.0. The second-order valence-electron chi connectivity index (χ2n) is 6.90. The van der Waals surface area contributed by atoms with E-state index in [-0.39, 0.29) is 5.91 Å². The van der Waals surface area contributed by atoms with Crippen LogP contribution in [0.3, 0.4) is 0 Å². The number of hydrogen-bond acceptors (Lipinski definition) is 2. The molecule has 0 aliphatic carbocycles. The Balaban J connectivity index is 1.45. The molecule has 3 heteroatoms. The lowest BCUT2D eigenvalue weighted by molar-refractivity contribution is -0.129. The van der Waals surface area contributed by atoms with E-state index in [0.29, 0.717) is 18.3 Å². The fraction of sp³-hybridized carbons (Fsp3) is 0.421. The van der Waals surface area contributed by atoms with Gasteiger partial charge < -0.3 is 9.80 Å². The molecule has 0 N–H and O–H groups in total. The van der Waals surface area contributed by atoms with Crippen LogP contribution in [0.25, 0.3) is 10.8 Å². The summed E-state index contributed by atoms with van der Waals surface area (Å²) in [4.78, 5) is 17.0. The molecule has 0 aromatic heterocycles. The summed E-state index contributed by atoms with van der Waals surface area (Å²) < 4.78 is 0. The van der Waals surface area contributed by atoms with E-state index >= 15 is 0 Å². The number of amides is 1. The molecule has 0 unspecified atom stereocenters. The van der Waals surface area contributed by atoms with Crippen LogP contribution in [-0.4, -0.2) is 48.9 Å². The minimum atomic E-state index is 0.285. The van der Waals surface area contributed by atoms with Crippen molar-refractivity contribution in [2.24, 2.45) is 11.8 Å². The highest BCUT2D eigenvalue weighted by Crippen LogP contribution is 2.30. The SMILES string of the molecule is CN1C[C@@H]2CN(C(=O)Cc3ccc4ccccc4c3)C[C@@H]2C1. The molecule has 114 valence electrons. The third-order valence-corrected chi connectivity index (χ3v) is 5.19. The summed E-state index contributed by atoms with van der Waals surface area (Å²) >= 11 is 0. The zero-order valence-electron chi connectivity index (χ0n) is 13.0. The van der Waals surface area contributed by atoms with Crippen molar-refractivity contribution in [3.8, 4) is 0 Å². The van der Waals surface area contributed by atoms with E-state index in [1.807, 2.05) is 12.1 Å². The van der Waals surface area contributed by atoms with E-state index < -0.39 is 0 Å². The van der Waals surface area contributed by atoms with Crippen LogP contribution in [0, 0.1) is 11.8 Å². The van der Waals surface area contributed by atoms with Crippen LogP contribution >= 0.6 is 0 Å². The maximum atomic E-state index is 12.6. The summed E-state index contributed by atoms with van der Waals surface area (Å²) in [5, 5.41) is 2.45. The maximum absolute atomic E-state index is 12.6. The molecule has 2 heterocycles. The van der Waals surface area contributed by atoms with Gasteiger partial charge in [-0.3, -0.25) is 4.79 Å². The molecule has 3 nitrogen and oxygen atoms in total. The van der Waals surface area contributed by atoms with Crippen molar-refractivity contribution < 1.29 is 4.79 Å². The highest BCUT2D eigenvalue weighted by Gasteiger charge is 2.40. The molecule has 2 aromatic carbocycles. The molecule has 2 aliphatic heterocycles. The van der Waals surface area contributed by atoms with Crippen molar-refractivity contribution in [1.29, 1.82) is 0 Å². The van der Waals surface area contributed by atoms with Gasteiger partial charge in [0.25, 0.3) is 0 Å². The number of likely N-dealkylation sites (tertiary alicyclic amines) is 2. The molecule has 0 saturated carbocycles. The summed E-state index contributed by atoms with van der Waals surface area (Å²) in [6.07, 6.45) is 0.528. The minimum absolute atomic E-state index is 0.285. The molecule has 1 amide bonds. The monoisotopic (exact) mass is 294 g/mol. The molecule has 2 atom stereocenters. The van der Waals surface area contributed by atoms with Crippen molar-refractivity contribution in [2.45, 2.75) is 6.42 Å². The van der Waals surface area contributed by atoms with Crippen LogP contribution in [0.4, 0.5) is 0 Å². The molecule has 2 fully saturated rings. The van der Waals surface area contributed by atoms with E-state index in [4.69, 9.17) is 0 Å². The molecule has 0 bridgehead atoms. The molecular weight excluding hydrogens is 272 g/mol. The molecule has 0 spiro atoms. The third-order valence-electron chi connectivity index (χ3n) is 5.19. The van der Waals surface area contributed by atoms with E-state index in [2.05, 4.69) is 47.2 Å². The van der Waals surface area contributed by atoms with Gasteiger partial charge in [-0.25, -0.2) is 0 Å². The van der Waals surface area contributed by atoms with Gasteiger partial charge in [-0.05, 0) is 35.2 Å². The number of carbonyl (C=O) groups is 1. The van der Waals surface area contributed by atoms with Gasteiger partial charge in [0.1, 0.15) is 0 Å². The van der Waals surface area contributed by atoms with Gasteiger partial charge in [-0.1, -0.05) is 42.5 Å². The Kier molecular flexibility index (Phi) is 3.38. The zero-order valence-corrected chi connectivity index (χ0v) is 13.0. The van der Waals surface area contributed by atoms with Gasteiger partial charge in [0.2, 0.25) is 5.91 Å². The minimum Gasteiger partial charge on any atom is -0.342 e. The van der Waals surface area contributed by atoms with Crippen molar-refractivity contribution in [3.63, 3.8) is 0 Å².